The van der Waals surface area contributed by atoms with E-state index in [0.29, 0.717) is 30.0 Å². The van der Waals surface area contributed by atoms with E-state index in [1.165, 1.54) is 6.26 Å². The normalized spacial score (nSPS) is 10.1. The van der Waals surface area contributed by atoms with Gasteiger partial charge in [-0.15, -0.1) is 0 Å². The lowest BCUT2D eigenvalue weighted by Gasteiger charge is -2.10. The summed E-state index contributed by atoms with van der Waals surface area (Å²) in [6.45, 7) is 0.355. The van der Waals surface area contributed by atoms with Crippen molar-refractivity contribution in [3.8, 4) is 0 Å². The molecule has 4 N–H and O–H groups in total. The van der Waals surface area contributed by atoms with Crippen molar-refractivity contribution < 1.29 is 18.8 Å². The Hall–Kier alpha value is -4.07. The lowest BCUT2D eigenvalue weighted by Crippen LogP contribution is -2.25. The van der Waals surface area contributed by atoms with Gasteiger partial charge >= 0.3 is 6.03 Å². The molecule has 0 saturated heterocycles. The Morgan fingerprint density at radius 3 is 2.20 bits per heavy atom. The Balaban J connectivity index is 1.41. The molecule has 0 radical (unpaired) electrons. The van der Waals surface area contributed by atoms with Crippen LogP contribution in [0.1, 0.15) is 23.4 Å². The number of carbonyl (C=O) groups is 3. The molecule has 8 heteroatoms. The third kappa shape index (κ3) is 6.52. The van der Waals surface area contributed by atoms with Crippen molar-refractivity contribution in [3.05, 3.63) is 78.8 Å². The second-order valence-corrected chi connectivity index (χ2v) is 6.41. The molecule has 0 aliphatic heterocycles. The topological polar surface area (TPSA) is 112 Å². The van der Waals surface area contributed by atoms with Gasteiger partial charge in [-0.3, -0.25) is 9.59 Å². The van der Waals surface area contributed by atoms with Crippen LogP contribution in [0.2, 0.25) is 0 Å². The monoisotopic (exact) mass is 406 g/mol. The van der Waals surface area contributed by atoms with Crippen molar-refractivity contribution in [3.63, 3.8) is 0 Å². The Morgan fingerprint density at radius 1 is 0.767 bits per heavy atom. The zero-order chi connectivity index (χ0) is 21.2. The summed E-state index contributed by atoms with van der Waals surface area (Å²) in [5, 5.41) is 10.9. The molecule has 0 saturated carbocycles. The van der Waals surface area contributed by atoms with E-state index in [2.05, 4.69) is 21.3 Å². The SMILES string of the molecule is O=C(CCCNC(=O)c1ccco1)Nc1cccc(NC(=O)Nc2ccccc2)c1. The number of hydrogen-bond acceptors (Lipinski definition) is 4. The standard InChI is InChI=1S/C22H22N4O4/c27-20(12-5-13-23-21(28)19-11-6-14-30-19)24-17-9-4-10-18(15-17)26-22(29)25-16-7-2-1-3-8-16/h1-4,6-11,14-15H,5,12-13H2,(H,23,28)(H,24,27)(H2,25,26,29). The van der Waals surface area contributed by atoms with Gasteiger partial charge in [-0.1, -0.05) is 24.3 Å². The first-order valence-corrected chi connectivity index (χ1v) is 9.45. The molecule has 0 fully saturated rings. The highest BCUT2D eigenvalue weighted by molar-refractivity contribution is 6.00. The molecular weight excluding hydrogens is 384 g/mol. The fourth-order valence-electron chi connectivity index (χ4n) is 2.66. The molecule has 8 nitrogen and oxygen atoms in total. The summed E-state index contributed by atoms with van der Waals surface area (Å²) >= 11 is 0. The van der Waals surface area contributed by atoms with Crippen LogP contribution in [0.25, 0.3) is 0 Å². The summed E-state index contributed by atoms with van der Waals surface area (Å²) in [4.78, 5) is 35.9. The van der Waals surface area contributed by atoms with Crippen LogP contribution in [0.4, 0.5) is 21.9 Å². The van der Waals surface area contributed by atoms with Crippen LogP contribution >= 0.6 is 0 Å². The van der Waals surface area contributed by atoms with Gasteiger partial charge in [0.25, 0.3) is 5.91 Å². The Kier molecular flexibility index (Phi) is 7.21. The molecule has 154 valence electrons. The highest BCUT2D eigenvalue weighted by Gasteiger charge is 2.09. The first kappa shape index (κ1) is 20.7. The smallest absolute Gasteiger partial charge is 0.323 e. The van der Waals surface area contributed by atoms with Crippen molar-refractivity contribution in [2.24, 2.45) is 0 Å². The van der Waals surface area contributed by atoms with Crippen molar-refractivity contribution in [1.29, 1.82) is 0 Å². The molecule has 0 aliphatic rings. The minimum atomic E-state index is -0.378. The molecule has 0 spiro atoms. The average molecular weight is 406 g/mol. The lowest BCUT2D eigenvalue weighted by molar-refractivity contribution is -0.116. The number of rotatable bonds is 8. The van der Waals surface area contributed by atoms with Gasteiger partial charge in [-0.2, -0.15) is 0 Å². The summed E-state index contributed by atoms with van der Waals surface area (Å²) in [5.41, 5.74) is 1.79. The molecule has 0 aliphatic carbocycles. The van der Waals surface area contributed by atoms with Gasteiger partial charge in [0.15, 0.2) is 5.76 Å². The zero-order valence-corrected chi connectivity index (χ0v) is 16.2. The van der Waals surface area contributed by atoms with Gasteiger partial charge in [-0.25, -0.2) is 4.79 Å². The fraction of sp³-hybridized carbons (Fsp3) is 0.136. The van der Waals surface area contributed by atoms with E-state index in [4.69, 9.17) is 4.42 Å². The maximum absolute atomic E-state index is 12.1. The van der Waals surface area contributed by atoms with Gasteiger partial charge < -0.3 is 25.7 Å². The molecule has 30 heavy (non-hydrogen) atoms. The van der Waals surface area contributed by atoms with Crippen LogP contribution < -0.4 is 21.3 Å². The minimum Gasteiger partial charge on any atom is -0.459 e. The minimum absolute atomic E-state index is 0.187. The molecule has 0 bridgehead atoms. The number of carbonyl (C=O) groups excluding carboxylic acids is 3. The predicted molar refractivity (Wildman–Crippen MR) is 114 cm³/mol. The molecule has 0 atom stereocenters. The maximum Gasteiger partial charge on any atom is 0.323 e. The van der Waals surface area contributed by atoms with Gasteiger partial charge in [-0.05, 0) is 48.9 Å². The predicted octanol–water partition coefficient (Wildman–Crippen LogP) is 4.07. The molecule has 1 aromatic heterocycles. The largest absolute Gasteiger partial charge is 0.459 e. The summed E-state index contributed by atoms with van der Waals surface area (Å²) in [7, 11) is 0. The molecule has 4 amide bonds. The number of amides is 4. The van der Waals surface area contributed by atoms with E-state index in [0.717, 1.165) is 0 Å². The average Bonchev–Trinajstić information content (AvgIpc) is 3.27. The highest BCUT2D eigenvalue weighted by Crippen LogP contribution is 2.16. The van der Waals surface area contributed by atoms with Crippen LogP contribution in [-0.2, 0) is 4.79 Å². The number of furan rings is 1. The molecule has 3 aromatic rings. The first-order valence-electron chi connectivity index (χ1n) is 9.45. The summed E-state index contributed by atoms with van der Waals surface area (Å²) < 4.78 is 5.00. The third-order valence-electron chi connectivity index (χ3n) is 4.05. The number of benzene rings is 2. The number of urea groups is 1. The Bertz CT molecular complexity index is 987. The van der Waals surface area contributed by atoms with Crippen LogP contribution in [0.3, 0.4) is 0 Å². The van der Waals surface area contributed by atoms with E-state index in [9.17, 15) is 14.4 Å². The fourth-order valence-corrected chi connectivity index (χ4v) is 2.66. The highest BCUT2D eigenvalue weighted by atomic mass is 16.3. The van der Waals surface area contributed by atoms with Crippen LogP contribution in [-0.4, -0.2) is 24.4 Å². The second-order valence-electron chi connectivity index (χ2n) is 6.41. The zero-order valence-electron chi connectivity index (χ0n) is 16.2. The molecule has 2 aromatic carbocycles. The number of anilines is 3. The molecule has 3 rings (SSSR count). The third-order valence-corrected chi connectivity index (χ3v) is 4.05. The Labute approximate surface area is 173 Å². The van der Waals surface area contributed by atoms with E-state index < -0.39 is 0 Å². The van der Waals surface area contributed by atoms with Crippen LogP contribution in [0.15, 0.2) is 77.4 Å². The van der Waals surface area contributed by atoms with Crippen LogP contribution in [0.5, 0.6) is 0 Å². The first-order chi connectivity index (χ1) is 14.6. The quantitative estimate of drug-likeness (QED) is 0.422. The number of nitrogens with one attached hydrogen (secondary N) is 4. The maximum atomic E-state index is 12.1. The van der Waals surface area contributed by atoms with Crippen LogP contribution in [0, 0.1) is 0 Å². The summed E-state index contributed by atoms with van der Waals surface area (Å²) in [6, 6.07) is 18.8. The second kappa shape index (κ2) is 10.5. The van der Waals surface area contributed by atoms with Crippen molar-refractivity contribution >= 4 is 34.9 Å². The number of hydrogen-bond donors (Lipinski definition) is 4. The summed E-state index contributed by atoms with van der Waals surface area (Å²) in [6.07, 6.45) is 2.15. The van der Waals surface area contributed by atoms with Gasteiger partial charge in [0, 0.05) is 30.0 Å². The van der Waals surface area contributed by atoms with Crippen molar-refractivity contribution in [1.82, 2.24) is 5.32 Å². The lowest BCUT2D eigenvalue weighted by atomic mass is 10.2. The Morgan fingerprint density at radius 2 is 1.47 bits per heavy atom. The van der Waals surface area contributed by atoms with E-state index in [1.807, 2.05) is 18.2 Å². The number of para-hydroxylation sites is 1. The molecule has 0 unspecified atom stereocenters. The summed E-state index contributed by atoms with van der Waals surface area (Å²) in [5.74, 6) is -0.263. The van der Waals surface area contributed by atoms with Crippen molar-refractivity contribution in [2.45, 2.75) is 12.8 Å². The van der Waals surface area contributed by atoms with Gasteiger partial charge in [0.05, 0.1) is 6.26 Å². The van der Waals surface area contributed by atoms with E-state index in [1.54, 1.807) is 48.5 Å². The van der Waals surface area contributed by atoms with Gasteiger partial charge in [0.2, 0.25) is 5.91 Å². The van der Waals surface area contributed by atoms with Crippen molar-refractivity contribution in [2.75, 3.05) is 22.5 Å². The van der Waals surface area contributed by atoms with E-state index in [-0.39, 0.29) is 30.0 Å². The molecule has 1 heterocycles. The molecular formula is C22H22N4O4. The van der Waals surface area contributed by atoms with E-state index >= 15 is 0 Å². The van der Waals surface area contributed by atoms with Gasteiger partial charge in [0.1, 0.15) is 0 Å².